The molecule has 0 spiro atoms. The summed E-state index contributed by atoms with van der Waals surface area (Å²) in [5.74, 6) is 0. The molecule has 1 aliphatic rings. The van der Waals surface area contributed by atoms with Crippen LogP contribution in [0, 0.1) is 0 Å². The second-order valence-electron chi connectivity index (χ2n) is 16.8. The lowest BCUT2D eigenvalue weighted by atomic mass is 9.63. The zero-order chi connectivity index (χ0) is 36.3. The summed E-state index contributed by atoms with van der Waals surface area (Å²) in [6.07, 6.45) is 2.36. The molecule has 0 unspecified atom stereocenters. The number of hydrogen-bond donors (Lipinski definition) is 0. The van der Waals surface area contributed by atoms with Gasteiger partial charge in [-0.05, 0) is 116 Å². The maximum absolute atomic E-state index is 2.60. The maximum atomic E-state index is 2.60. The Morgan fingerprint density at radius 1 is 0.389 bits per heavy atom. The highest BCUT2D eigenvalue weighted by Gasteiger charge is 2.38. The van der Waals surface area contributed by atoms with Crippen molar-refractivity contribution in [3.8, 4) is 22.5 Å². The summed E-state index contributed by atoms with van der Waals surface area (Å²) in [5.41, 5.74) is 13.0. The standard InChI is InChI=1S/C52H42N2/c1-51(2)28-29-52(3,4)44-32-46-42(31-43(44)51)48-40-19-11-10-18-39(40)47-41-20-12-13-21-45(41)53(37-16-6-5-7-17-37)49(47)50(48)54(46)38-26-24-34(25-27-38)36-23-22-33-14-8-9-15-35(33)30-36/h5-27,30-32H,28-29H2,1-4H3. The van der Waals surface area contributed by atoms with E-state index in [0.29, 0.717) is 0 Å². The highest BCUT2D eigenvalue weighted by molar-refractivity contribution is 6.36. The first-order valence-corrected chi connectivity index (χ1v) is 19.4. The fourth-order valence-electron chi connectivity index (χ4n) is 9.79. The van der Waals surface area contributed by atoms with Crippen LogP contribution in [0.5, 0.6) is 0 Å². The van der Waals surface area contributed by atoms with Crippen LogP contribution in [-0.4, -0.2) is 9.13 Å². The monoisotopic (exact) mass is 694 g/mol. The molecule has 2 heterocycles. The molecule has 0 radical (unpaired) electrons. The molecule has 0 fully saturated rings. The molecule has 10 aromatic rings. The summed E-state index contributed by atoms with van der Waals surface area (Å²) in [4.78, 5) is 0. The molecule has 2 nitrogen and oxygen atoms in total. The minimum absolute atomic E-state index is 0.0800. The topological polar surface area (TPSA) is 9.86 Å². The summed E-state index contributed by atoms with van der Waals surface area (Å²) in [5, 5.41) is 10.4. The van der Waals surface area contributed by atoms with E-state index in [-0.39, 0.29) is 10.8 Å². The second-order valence-corrected chi connectivity index (χ2v) is 16.8. The second kappa shape index (κ2) is 11.2. The van der Waals surface area contributed by atoms with E-state index in [4.69, 9.17) is 0 Å². The molecule has 0 aliphatic heterocycles. The van der Waals surface area contributed by atoms with Gasteiger partial charge in [-0.2, -0.15) is 0 Å². The van der Waals surface area contributed by atoms with E-state index in [2.05, 4.69) is 195 Å². The maximum Gasteiger partial charge on any atom is 0.0795 e. The van der Waals surface area contributed by atoms with Gasteiger partial charge >= 0.3 is 0 Å². The third kappa shape index (κ3) is 4.40. The fraction of sp³-hybridized carbons (Fsp3) is 0.154. The quantitative estimate of drug-likeness (QED) is 0.174. The number of hydrogen-bond acceptors (Lipinski definition) is 0. The zero-order valence-corrected chi connectivity index (χ0v) is 31.3. The van der Waals surface area contributed by atoms with Gasteiger partial charge in [-0.25, -0.2) is 0 Å². The van der Waals surface area contributed by atoms with Gasteiger partial charge in [0.15, 0.2) is 0 Å². The summed E-state index contributed by atoms with van der Waals surface area (Å²) in [7, 11) is 0. The molecule has 1 aliphatic carbocycles. The van der Waals surface area contributed by atoms with Crippen LogP contribution >= 0.6 is 0 Å². The van der Waals surface area contributed by atoms with E-state index in [1.54, 1.807) is 0 Å². The van der Waals surface area contributed by atoms with Gasteiger partial charge in [0.25, 0.3) is 0 Å². The number of aromatic nitrogens is 2. The highest BCUT2D eigenvalue weighted by atomic mass is 15.0. The molecule has 0 saturated heterocycles. The smallest absolute Gasteiger partial charge is 0.0795 e. The summed E-state index contributed by atoms with van der Waals surface area (Å²) in [6, 6.07) is 58.9. The van der Waals surface area contributed by atoms with Crippen molar-refractivity contribution < 1.29 is 0 Å². The Morgan fingerprint density at radius 2 is 0.907 bits per heavy atom. The molecule has 0 amide bonds. The molecular formula is C52H42N2. The Labute approximate surface area is 315 Å². The molecule has 0 N–H and O–H groups in total. The van der Waals surface area contributed by atoms with E-state index in [9.17, 15) is 0 Å². The molecule has 2 aromatic heterocycles. The van der Waals surface area contributed by atoms with Crippen molar-refractivity contribution >= 4 is 65.2 Å². The van der Waals surface area contributed by atoms with Crippen LogP contribution in [0.1, 0.15) is 51.7 Å². The number of rotatable bonds is 3. The Bertz CT molecular complexity index is 3130. The van der Waals surface area contributed by atoms with Crippen LogP contribution in [0.15, 0.2) is 158 Å². The normalized spacial score (nSPS) is 15.2. The van der Waals surface area contributed by atoms with Crippen molar-refractivity contribution in [1.82, 2.24) is 9.13 Å². The van der Waals surface area contributed by atoms with Crippen molar-refractivity contribution in [2.45, 2.75) is 51.4 Å². The van der Waals surface area contributed by atoms with Crippen molar-refractivity contribution in [2.75, 3.05) is 0 Å². The van der Waals surface area contributed by atoms with Gasteiger partial charge in [0.05, 0.1) is 22.1 Å². The van der Waals surface area contributed by atoms with Crippen LogP contribution in [-0.2, 0) is 10.8 Å². The van der Waals surface area contributed by atoms with Gasteiger partial charge in [0.1, 0.15) is 0 Å². The fourth-order valence-corrected chi connectivity index (χ4v) is 9.79. The summed E-state index contributed by atoms with van der Waals surface area (Å²) in [6.45, 7) is 9.78. The minimum Gasteiger partial charge on any atom is -0.307 e. The first-order valence-electron chi connectivity index (χ1n) is 19.4. The van der Waals surface area contributed by atoms with Gasteiger partial charge in [0.2, 0.25) is 0 Å². The van der Waals surface area contributed by atoms with E-state index in [1.165, 1.54) is 112 Å². The molecule has 260 valence electrons. The van der Waals surface area contributed by atoms with E-state index < -0.39 is 0 Å². The van der Waals surface area contributed by atoms with Crippen LogP contribution in [0.2, 0.25) is 0 Å². The van der Waals surface area contributed by atoms with E-state index in [0.717, 1.165) is 0 Å². The molecule has 11 rings (SSSR count). The molecule has 0 bridgehead atoms. The summed E-state index contributed by atoms with van der Waals surface area (Å²) >= 11 is 0. The largest absolute Gasteiger partial charge is 0.307 e. The Hall–Kier alpha value is -6.12. The van der Waals surface area contributed by atoms with Gasteiger partial charge in [-0.3, -0.25) is 0 Å². The van der Waals surface area contributed by atoms with Crippen molar-refractivity contribution in [2.24, 2.45) is 0 Å². The van der Waals surface area contributed by atoms with Crippen molar-refractivity contribution in [3.05, 3.63) is 169 Å². The predicted molar refractivity (Wildman–Crippen MR) is 231 cm³/mol. The van der Waals surface area contributed by atoms with E-state index >= 15 is 0 Å². The van der Waals surface area contributed by atoms with Gasteiger partial charge in [-0.1, -0.05) is 137 Å². The van der Waals surface area contributed by atoms with Gasteiger partial charge < -0.3 is 9.13 Å². The first-order chi connectivity index (χ1) is 26.3. The average molecular weight is 695 g/mol. The van der Waals surface area contributed by atoms with Crippen LogP contribution < -0.4 is 0 Å². The number of fused-ring (bicyclic) bond motifs is 12. The first kappa shape index (κ1) is 31.4. The van der Waals surface area contributed by atoms with E-state index in [1.807, 2.05) is 0 Å². The lowest BCUT2D eigenvalue weighted by Crippen LogP contribution is -2.33. The van der Waals surface area contributed by atoms with Crippen LogP contribution in [0.3, 0.4) is 0 Å². The number of benzene rings is 8. The molecule has 8 aromatic carbocycles. The minimum atomic E-state index is 0.0800. The Morgan fingerprint density at radius 3 is 1.61 bits per heavy atom. The zero-order valence-electron chi connectivity index (χ0n) is 31.3. The molecular weight excluding hydrogens is 653 g/mol. The predicted octanol–water partition coefficient (Wildman–Crippen LogP) is 14.2. The lowest BCUT2D eigenvalue weighted by molar-refractivity contribution is 0.332. The van der Waals surface area contributed by atoms with Crippen LogP contribution in [0.4, 0.5) is 0 Å². The molecule has 2 heteroatoms. The summed E-state index contributed by atoms with van der Waals surface area (Å²) < 4.78 is 5.12. The van der Waals surface area contributed by atoms with Gasteiger partial charge in [-0.15, -0.1) is 0 Å². The SMILES string of the molecule is CC1(C)CCC(C)(C)c2cc3c(cc21)c1c2ccccc2c2c4ccccc4n(-c4ccccc4)c2c1n3-c1ccc(-c2ccc3ccccc3c2)cc1. The number of para-hydroxylation sites is 2. The van der Waals surface area contributed by atoms with Crippen molar-refractivity contribution in [3.63, 3.8) is 0 Å². The number of nitrogens with zero attached hydrogens (tertiary/aromatic N) is 2. The van der Waals surface area contributed by atoms with Crippen LogP contribution in [0.25, 0.3) is 87.7 Å². The highest BCUT2D eigenvalue weighted by Crippen LogP contribution is 2.51. The third-order valence-electron chi connectivity index (χ3n) is 12.7. The Kier molecular flexibility index (Phi) is 6.51. The molecule has 54 heavy (non-hydrogen) atoms. The lowest BCUT2D eigenvalue weighted by Gasteiger charge is -2.42. The average Bonchev–Trinajstić information content (AvgIpc) is 3.73. The molecule has 0 saturated carbocycles. The van der Waals surface area contributed by atoms with Gasteiger partial charge in [0, 0.05) is 32.9 Å². The molecule has 0 atom stereocenters. The Balaban J connectivity index is 1.33. The third-order valence-corrected chi connectivity index (χ3v) is 12.7. The van der Waals surface area contributed by atoms with Crippen molar-refractivity contribution in [1.29, 1.82) is 0 Å².